The third kappa shape index (κ3) is 3.80. The van der Waals surface area contributed by atoms with E-state index in [-0.39, 0.29) is 0 Å². The SMILES string of the molecule is CCNc1cc(N2CCC(OCC)CC2)nc(C)n1. The maximum Gasteiger partial charge on any atom is 0.134 e. The van der Waals surface area contributed by atoms with Crippen LogP contribution in [0.25, 0.3) is 0 Å². The molecule has 0 spiro atoms. The van der Waals surface area contributed by atoms with E-state index < -0.39 is 0 Å². The molecular weight excluding hydrogens is 240 g/mol. The van der Waals surface area contributed by atoms with Crippen LogP contribution >= 0.6 is 0 Å². The third-order valence-corrected chi connectivity index (χ3v) is 3.35. The summed E-state index contributed by atoms with van der Waals surface area (Å²) in [5.41, 5.74) is 0. The molecule has 0 bridgehead atoms. The molecule has 0 atom stereocenters. The maximum absolute atomic E-state index is 5.68. The molecule has 0 aliphatic carbocycles. The lowest BCUT2D eigenvalue weighted by atomic mass is 10.1. The monoisotopic (exact) mass is 264 g/mol. The fraction of sp³-hybridized carbons (Fsp3) is 0.714. The van der Waals surface area contributed by atoms with Gasteiger partial charge in [0, 0.05) is 32.3 Å². The summed E-state index contributed by atoms with van der Waals surface area (Å²) in [5, 5.41) is 3.25. The Morgan fingerprint density at radius 2 is 2.05 bits per heavy atom. The lowest BCUT2D eigenvalue weighted by Gasteiger charge is -2.32. The van der Waals surface area contributed by atoms with Gasteiger partial charge in [0.15, 0.2) is 0 Å². The number of rotatable bonds is 5. The maximum atomic E-state index is 5.68. The normalized spacial score (nSPS) is 16.7. The summed E-state index contributed by atoms with van der Waals surface area (Å²) in [4.78, 5) is 11.3. The summed E-state index contributed by atoms with van der Waals surface area (Å²) in [7, 11) is 0. The predicted molar refractivity (Wildman–Crippen MR) is 77.8 cm³/mol. The molecule has 0 aromatic carbocycles. The predicted octanol–water partition coefficient (Wildman–Crippen LogP) is 2.22. The Balaban J connectivity index is 2.02. The molecule has 106 valence electrons. The average Bonchev–Trinajstić information content (AvgIpc) is 2.40. The largest absolute Gasteiger partial charge is 0.378 e. The fourth-order valence-corrected chi connectivity index (χ4v) is 2.47. The first-order valence-corrected chi connectivity index (χ1v) is 7.19. The molecule has 5 nitrogen and oxygen atoms in total. The Kier molecular flexibility index (Phi) is 4.96. The van der Waals surface area contributed by atoms with Crippen molar-refractivity contribution in [1.29, 1.82) is 0 Å². The van der Waals surface area contributed by atoms with Crippen LogP contribution in [0, 0.1) is 6.92 Å². The number of aromatic nitrogens is 2. The molecule has 2 heterocycles. The number of hydrogen-bond donors (Lipinski definition) is 1. The van der Waals surface area contributed by atoms with Crippen molar-refractivity contribution < 1.29 is 4.74 Å². The molecule has 0 radical (unpaired) electrons. The van der Waals surface area contributed by atoms with Crippen molar-refractivity contribution in [2.24, 2.45) is 0 Å². The zero-order chi connectivity index (χ0) is 13.7. The first-order valence-electron chi connectivity index (χ1n) is 7.19. The Hall–Kier alpha value is -1.36. The highest BCUT2D eigenvalue weighted by Gasteiger charge is 2.20. The molecule has 1 aliphatic rings. The van der Waals surface area contributed by atoms with E-state index in [2.05, 4.69) is 34.0 Å². The molecule has 1 aliphatic heterocycles. The van der Waals surface area contributed by atoms with Crippen LogP contribution in [-0.2, 0) is 4.74 Å². The third-order valence-electron chi connectivity index (χ3n) is 3.35. The minimum atomic E-state index is 0.414. The van der Waals surface area contributed by atoms with Crippen molar-refractivity contribution in [3.05, 3.63) is 11.9 Å². The van der Waals surface area contributed by atoms with Crippen LogP contribution in [0.5, 0.6) is 0 Å². The van der Waals surface area contributed by atoms with E-state index in [1.165, 1.54) is 0 Å². The van der Waals surface area contributed by atoms with Crippen LogP contribution in [0.15, 0.2) is 6.07 Å². The van der Waals surface area contributed by atoms with Crippen molar-refractivity contribution in [2.45, 2.75) is 39.7 Å². The summed E-state index contributed by atoms with van der Waals surface area (Å²) in [6.07, 6.45) is 2.57. The molecule has 1 aromatic rings. The smallest absolute Gasteiger partial charge is 0.134 e. The molecule has 2 rings (SSSR count). The first kappa shape index (κ1) is 14.1. The highest BCUT2D eigenvalue weighted by atomic mass is 16.5. The van der Waals surface area contributed by atoms with E-state index in [1.54, 1.807) is 0 Å². The second-order valence-corrected chi connectivity index (χ2v) is 4.83. The summed E-state index contributed by atoms with van der Waals surface area (Å²) in [6, 6.07) is 2.04. The zero-order valence-electron chi connectivity index (χ0n) is 12.1. The van der Waals surface area contributed by atoms with Gasteiger partial charge in [-0.05, 0) is 33.6 Å². The van der Waals surface area contributed by atoms with Crippen LogP contribution in [0.3, 0.4) is 0 Å². The number of nitrogens with zero attached hydrogens (tertiary/aromatic N) is 3. The highest BCUT2D eigenvalue weighted by molar-refractivity contribution is 5.49. The summed E-state index contributed by atoms with van der Waals surface area (Å²) in [5.74, 6) is 2.76. The molecular formula is C14H24N4O. The molecule has 19 heavy (non-hydrogen) atoms. The average molecular weight is 264 g/mol. The van der Waals surface area contributed by atoms with Gasteiger partial charge in [-0.15, -0.1) is 0 Å². The molecule has 1 saturated heterocycles. The van der Waals surface area contributed by atoms with Crippen LogP contribution in [0.1, 0.15) is 32.5 Å². The Morgan fingerprint density at radius 1 is 1.32 bits per heavy atom. The molecule has 0 unspecified atom stereocenters. The van der Waals surface area contributed by atoms with Crippen LogP contribution < -0.4 is 10.2 Å². The first-order chi connectivity index (χ1) is 9.22. The molecule has 0 saturated carbocycles. The summed E-state index contributed by atoms with van der Waals surface area (Å²) < 4.78 is 5.68. The van der Waals surface area contributed by atoms with Gasteiger partial charge in [0.05, 0.1) is 6.10 Å². The summed E-state index contributed by atoms with van der Waals surface area (Å²) >= 11 is 0. The highest BCUT2D eigenvalue weighted by Crippen LogP contribution is 2.21. The van der Waals surface area contributed by atoms with Crippen LogP contribution in [0.4, 0.5) is 11.6 Å². The van der Waals surface area contributed by atoms with Gasteiger partial charge in [-0.25, -0.2) is 9.97 Å². The standard InChI is InChI=1S/C14H24N4O/c1-4-15-13-10-14(17-11(3)16-13)18-8-6-12(7-9-18)19-5-2/h10,12H,4-9H2,1-3H3,(H,15,16,17). The molecule has 1 N–H and O–H groups in total. The Labute approximate surface area is 115 Å². The van der Waals surface area contributed by atoms with Gasteiger partial charge in [-0.3, -0.25) is 0 Å². The lowest BCUT2D eigenvalue weighted by molar-refractivity contribution is 0.0458. The van der Waals surface area contributed by atoms with E-state index >= 15 is 0 Å². The molecule has 0 amide bonds. The molecule has 1 fully saturated rings. The Bertz CT molecular complexity index is 402. The van der Waals surface area contributed by atoms with Gasteiger partial charge in [-0.1, -0.05) is 0 Å². The van der Waals surface area contributed by atoms with E-state index in [0.717, 1.165) is 56.5 Å². The van der Waals surface area contributed by atoms with Gasteiger partial charge in [0.25, 0.3) is 0 Å². The zero-order valence-corrected chi connectivity index (χ0v) is 12.1. The van der Waals surface area contributed by atoms with Crippen molar-refractivity contribution in [2.75, 3.05) is 36.5 Å². The van der Waals surface area contributed by atoms with Gasteiger partial charge >= 0.3 is 0 Å². The fourth-order valence-electron chi connectivity index (χ4n) is 2.47. The van der Waals surface area contributed by atoms with Crippen molar-refractivity contribution in [1.82, 2.24) is 9.97 Å². The molecule has 5 heteroatoms. The number of anilines is 2. The number of hydrogen-bond acceptors (Lipinski definition) is 5. The molecule has 1 aromatic heterocycles. The van der Waals surface area contributed by atoms with Crippen molar-refractivity contribution in [3.8, 4) is 0 Å². The van der Waals surface area contributed by atoms with E-state index in [4.69, 9.17) is 4.74 Å². The van der Waals surface area contributed by atoms with Crippen molar-refractivity contribution >= 4 is 11.6 Å². The minimum absolute atomic E-state index is 0.414. The van der Waals surface area contributed by atoms with Gasteiger partial charge in [0.2, 0.25) is 0 Å². The van der Waals surface area contributed by atoms with Crippen LogP contribution in [-0.4, -0.2) is 42.3 Å². The van der Waals surface area contributed by atoms with E-state index in [0.29, 0.717) is 6.10 Å². The van der Waals surface area contributed by atoms with Gasteiger partial charge < -0.3 is 15.0 Å². The van der Waals surface area contributed by atoms with E-state index in [9.17, 15) is 0 Å². The Morgan fingerprint density at radius 3 is 2.68 bits per heavy atom. The minimum Gasteiger partial charge on any atom is -0.378 e. The second kappa shape index (κ2) is 6.70. The summed E-state index contributed by atoms with van der Waals surface area (Å²) in [6.45, 7) is 9.77. The topological polar surface area (TPSA) is 50.3 Å². The number of nitrogens with one attached hydrogen (secondary N) is 1. The number of ether oxygens (including phenoxy) is 1. The van der Waals surface area contributed by atoms with Gasteiger partial charge in [0.1, 0.15) is 17.5 Å². The van der Waals surface area contributed by atoms with Crippen molar-refractivity contribution in [3.63, 3.8) is 0 Å². The quantitative estimate of drug-likeness (QED) is 0.883. The number of piperidine rings is 1. The number of aryl methyl sites for hydroxylation is 1. The van der Waals surface area contributed by atoms with E-state index in [1.807, 2.05) is 13.0 Å². The lowest BCUT2D eigenvalue weighted by Crippen LogP contribution is -2.37. The second-order valence-electron chi connectivity index (χ2n) is 4.83. The van der Waals surface area contributed by atoms with Gasteiger partial charge in [-0.2, -0.15) is 0 Å². The van der Waals surface area contributed by atoms with Crippen LogP contribution in [0.2, 0.25) is 0 Å².